The number of hydrogen-bond donors (Lipinski definition) is 2. The number of anilines is 1. The Morgan fingerprint density at radius 2 is 1.81 bits per heavy atom. The summed E-state index contributed by atoms with van der Waals surface area (Å²) >= 11 is 0. The lowest BCUT2D eigenvalue weighted by Crippen LogP contribution is -2.29. The van der Waals surface area contributed by atoms with Crippen LogP contribution in [0.5, 0.6) is 0 Å². The molecule has 0 radical (unpaired) electrons. The minimum absolute atomic E-state index is 0.0339. The third-order valence-electron chi connectivity index (χ3n) is 4.03. The van der Waals surface area contributed by atoms with Gasteiger partial charge in [-0.25, -0.2) is 8.42 Å². The molecule has 8 heteroatoms. The van der Waals surface area contributed by atoms with E-state index < -0.39 is 21.9 Å². The molecule has 2 N–H and O–H groups in total. The van der Waals surface area contributed by atoms with E-state index in [1.54, 1.807) is 31.2 Å². The van der Waals surface area contributed by atoms with E-state index in [0.29, 0.717) is 11.3 Å². The summed E-state index contributed by atoms with van der Waals surface area (Å²) in [7, 11) is -2.39. The minimum atomic E-state index is -3.87. The standard InChI is InChI=1S/C19H22N2O5S/c1-13-5-4-6-15(11-13)20-27(25,26)16-8-7-14(2)17(12-16)19(24)21(3)10-9-18(22)23/h4-8,11-12,20H,9-10H2,1-3H3,(H,22,23). The monoisotopic (exact) mass is 390 g/mol. The molecule has 7 nitrogen and oxygen atoms in total. The van der Waals surface area contributed by atoms with Gasteiger partial charge in [-0.1, -0.05) is 18.2 Å². The third kappa shape index (κ3) is 5.30. The molecule has 0 bridgehead atoms. The molecule has 1 amide bonds. The van der Waals surface area contributed by atoms with E-state index in [1.807, 2.05) is 13.0 Å². The molecular formula is C19H22N2O5S. The van der Waals surface area contributed by atoms with Crippen LogP contribution in [0.4, 0.5) is 5.69 Å². The Kier molecular flexibility index (Phi) is 6.22. The van der Waals surface area contributed by atoms with Gasteiger partial charge in [-0.2, -0.15) is 0 Å². The lowest BCUT2D eigenvalue weighted by molar-refractivity contribution is -0.137. The minimum Gasteiger partial charge on any atom is -0.481 e. The van der Waals surface area contributed by atoms with Gasteiger partial charge in [0.15, 0.2) is 0 Å². The highest BCUT2D eigenvalue weighted by Crippen LogP contribution is 2.21. The van der Waals surface area contributed by atoms with Crippen LogP contribution in [0.2, 0.25) is 0 Å². The molecule has 0 heterocycles. The van der Waals surface area contributed by atoms with Crippen LogP contribution in [-0.4, -0.2) is 43.9 Å². The van der Waals surface area contributed by atoms with Crippen molar-refractivity contribution >= 4 is 27.6 Å². The van der Waals surface area contributed by atoms with E-state index >= 15 is 0 Å². The summed E-state index contributed by atoms with van der Waals surface area (Å²) < 4.78 is 27.8. The highest BCUT2D eigenvalue weighted by molar-refractivity contribution is 7.92. The lowest BCUT2D eigenvalue weighted by Gasteiger charge is -2.18. The fraction of sp³-hybridized carbons (Fsp3) is 0.263. The van der Waals surface area contributed by atoms with Crippen molar-refractivity contribution in [2.45, 2.75) is 25.2 Å². The summed E-state index contributed by atoms with van der Waals surface area (Å²) in [6.45, 7) is 3.59. The molecule has 144 valence electrons. The molecule has 0 spiro atoms. The highest BCUT2D eigenvalue weighted by Gasteiger charge is 2.20. The Morgan fingerprint density at radius 1 is 1.11 bits per heavy atom. The van der Waals surface area contributed by atoms with Crippen LogP contribution in [0.1, 0.15) is 27.9 Å². The summed E-state index contributed by atoms with van der Waals surface area (Å²) in [5, 5.41) is 8.75. The largest absolute Gasteiger partial charge is 0.481 e. The average molecular weight is 390 g/mol. The predicted octanol–water partition coefficient (Wildman–Crippen LogP) is 2.65. The quantitative estimate of drug-likeness (QED) is 0.756. The number of aryl methyl sites for hydroxylation is 2. The summed E-state index contributed by atoms with van der Waals surface area (Å²) in [5.41, 5.74) is 2.17. The van der Waals surface area contributed by atoms with Crippen molar-refractivity contribution in [3.8, 4) is 0 Å². The molecule has 0 aliphatic carbocycles. The number of nitrogens with zero attached hydrogens (tertiary/aromatic N) is 1. The van der Waals surface area contributed by atoms with Crippen molar-refractivity contribution in [1.82, 2.24) is 4.90 Å². The van der Waals surface area contributed by atoms with Crippen LogP contribution < -0.4 is 4.72 Å². The summed E-state index contributed by atoms with van der Waals surface area (Å²) in [6.07, 6.45) is -0.186. The fourth-order valence-electron chi connectivity index (χ4n) is 2.49. The zero-order valence-corrected chi connectivity index (χ0v) is 16.2. The number of aliphatic carboxylic acids is 1. The normalized spacial score (nSPS) is 11.1. The van der Waals surface area contributed by atoms with Crippen molar-refractivity contribution in [2.24, 2.45) is 0 Å². The van der Waals surface area contributed by atoms with E-state index in [4.69, 9.17) is 5.11 Å². The van der Waals surface area contributed by atoms with Gasteiger partial charge in [0.25, 0.3) is 15.9 Å². The molecule has 0 fully saturated rings. The maximum Gasteiger partial charge on any atom is 0.305 e. The van der Waals surface area contributed by atoms with Crippen molar-refractivity contribution in [2.75, 3.05) is 18.3 Å². The average Bonchev–Trinajstić information content (AvgIpc) is 2.58. The number of amides is 1. The maximum absolute atomic E-state index is 12.7. The molecule has 2 rings (SSSR count). The Labute approximate surface area is 158 Å². The summed E-state index contributed by atoms with van der Waals surface area (Å²) in [6, 6.07) is 11.3. The Balaban J connectivity index is 2.30. The number of nitrogens with one attached hydrogen (secondary N) is 1. The van der Waals surface area contributed by atoms with Crippen LogP contribution in [0.3, 0.4) is 0 Å². The van der Waals surface area contributed by atoms with Crippen molar-refractivity contribution < 1.29 is 23.1 Å². The molecule has 0 saturated heterocycles. The molecule has 27 heavy (non-hydrogen) atoms. The Hall–Kier alpha value is -2.87. The van der Waals surface area contributed by atoms with Gasteiger partial charge in [-0.3, -0.25) is 14.3 Å². The first kappa shape index (κ1) is 20.4. The zero-order chi connectivity index (χ0) is 20.2. The van der Waals surface area contributed by atoms with Crippen LogP contribution in [0, 0.1) is 13.8 Å². The van der Waals surface area contributed by atoms with Gasteiger partial charge >= 0.3 is 5.97 Å². The van der Waals surface area contributed by atoms with E-state index in [2.05, 4.69) is 4.72 Å². The first-order valence-electron chi connectivity index (χ1n) is 8.27. The number of hydrogen-bond acceptors (Lipinski definition) is 4. The molecule has 0 unspecified atom stereocenters. The van der Waals surface area contributed by atoms with Gasteiger partial charge in [-0.05, 0) is 49.2 Å². The topological polar surface area (TPSA) is 104 Å². The summed E-state index contributed by atoms with van der Waals surface area (Å²) in [5.74, 6) is -1.44. The van der Waals surface area contributed by atoms with Gasteiger partial charge in [0.1, 0.15) is 0 Å². The second kappa shape index (κ2) is 8.22. The molecule has 0 atom stereocenters. The Bertz CT molecular complexity index is 970. The second-order valence-electron chi connectivity index (χ2n) is 6.32. The maximum atomic E-state index is 12.7. The fourth-order valence-corrected chi connectivity index (χ4v) is 3.57. The first-order chi connectivity index (χ1) is 12.6. The number of carbonyl (C=O) groups is 2. The van der Waals surface area contributed by atoms with E-state index in [9.17, 15) is 18.0 Å². The molecule has 0 saturated carbocycles. The molecule has 2 aromatic rings. The number of benzene rings is 2. The smallest absolute Gasteiger partial charge is 0.305 e. The van der Waals surface area contributed by atoms with Crippen LogP contribution in [0.25, 0.3) is 0 Å². The Morgan fingerprint density at radius 3 is 2.44 bits per heavy atom. The van der Waals surface area contributed by atoms with Crippen molar-refractivity contribution in [1.29, 1.82) is 0 Å². The molecule has 0 aromatic heterocycles. The molecule has 2 aromatic carbocycles. The number of carbonyl (C=O) groups excluding carboxylic acids is 1. The van der Waals surface area contributed by atoms with Crippen LogP contribution in [0.15, 0.2) is 47.4 Å². The van der Waals surface area contributed by atoms with Gasteiger partial charge in [-0.15, -0.1) is 0 Å². The molecule has 0 aliphatic heterocycles. The van der Waals surface area contributed by atoms with Crippen molar-refractivity contribution in [3.63, 3.8) is 0 Å². The van der Waals surface area contributed by atoms with Gasteiger partial charge in [0.05, 0.1) is 11.3 Å². The predicted molar refractivity (Wildman–Crippen MR) is 102 cm³/mol. The number of sulfonamides is 1. The third-order valence-corrected chi connectivity index (χ3v) is 5.41. The van der Waals surface area contributed by atoms with E-state index in [0.717, 1.165) is 5.56 Å². The van der Waals surface area contributed by atoms with Gasteiger partial charge in [0.2, 0.25) is 0 Å². The van der Waals surface area contributed by atoms with E-state index in [1.165, 1.54) is 24.1 Å². The zero-order valence-electron chi connectivity index (χ0n) is 15.4. The molecular weight excluding hydrogens is 368 g/mol. The van der Waals surface area contributed by atoms with Gasteiger partial charge in [0, 0.05) is 24.8 Å². The van der Waals surface area contributed by atoms with E-state index in [-0.39, 0.29) is 23.4 Å². The molecule has 0 aliphatic rings. The second-order valence-corrected chi connectivity index (χ2v) is 8.00. The van der Waals surface area contributed by atoms with Crippen LogP contribution >= 0.6 is 0 Å². The number of carboxylic acid groups (broad SMARTS) is 1. The summed E-state index contributed by atoms with van der Waals surface area (Å²) in [4.78, 5) is 24.5. The van der Waals surface area contributed by atoms with Gasteiger partial charge < -0.3 is 10.0 Å². The lowest BCUT2D eigenvalue weighted by atomic mass is 10.1. The highest BCUT2D eigenvalue weighted by atomic mass is 32.2. The SMILES string of the molecule is Cc1cccc(NS(=O)(=O)c2ccc(C)c(C(=O)N(C)CCC(=O)O)c2)c1. The van der Waals surface area contributed by atoms with Crippen LogP contribution in [-0.2, 0) is 14.8 Å². The number of carboxylic acids is 1. The van der Waals surface area contributed by atoms with Crippen molar-refractivity contribution in [3.05, 3.63) is 59.2 Å². The number of rotatable bonds is 7. The first-order valence-corrected chi connectivity index (χ1v) is 9.76.